The molecule has 1 aliphatic rings. The number of hydrogen-bond acceptors (Lipinski definition) is 8. The summed E-state index contributed by atoms with van der Waals surface area (Å²) >= 11 is 0. The van der Waals surface area contributed by atoms with Crippen LogP contribution < -0.4 is 10.6 Å². The maximum atomic E-state index is 11.0. The van der Waals surface area contributed by atoms with Gasteiger partial charge in [-0.05, 0) is 0 Å². The normalized spacial score (nSPS) is 16.8. The maximum absolute atomic E-state index is 11.0. The molecule has 0 bridgehead atoms. The monoisotopic (exact) mass is 368 g/mol. The standard InChI is InChI=1S/C18H32N4O4/c1-15(13-25-17(3)23)21-9-7-19-5-6-20-8-10-22(12-11-21)16(2)14-26-18(4)24/h19-20H,1-2,5-14H2,3-4H3. The highest BCUT2D eigenvalue weighted by Crippen LogP contribution is 2.07. The lowest BCUT2D eigenvalue weighted by molar-refractivity contribution is -0.141. The Balaban J connectivity index is 2.68. The molecule has 0 unspecified atom stereocenters. The Bertz CT molecular complexity index is 452. The lowest BCUT2D eigenvalue weighted by Gasteiger charge is -2.33. The fourth-order valence-corrected chi connectivity index (χ4v) is 2.50. The van der Waals surface area contributed by atoms with Crippen molar-refractivity contribution < 1.29 is 19.1 Å². The molecule has 1 heterocycles. The van der Waals surface area contributed by atoms with Crippen LogP contribution in [0.2, 0.25) is 0 Å². The summed E-state index contributed by atoms with van der Waals surface area (Å²) in [5.41, 5.74) is 1.53. The molecule has 0 aromatic rings. The third kappa shape index (κ3) is 9.43. The minimum Gasteiger partial charge on any atom is -0.459 e. The first-order chi connectivity index (χ1) is 12.4. The number of nitrogens with one attached hydrogen (secondary N) is 2. The van der Waals surface area contributed by atoms with Crippen molar-refractivity contribution in [3.63, 3.8) is 0 Å². The molecule has 1 rings (SSSR count). The van der Waals surface area contributed by atoms with Gasteiger partial charge in [0.2, 0.25) is 0 Å². The zero-order valence-corrected chi connectivity index (χ0v) is 16.0. The molecule has 0 aromatic heterocycles. The van der Waals surface area contributed by atoms with Crippen molar-refractivity contribution in [3.8, 4) is 0 Å². The molecule has 0 amide bonds. The summed E-state index contributed by atoms with van der Waals surface area (Å²) in [6.07, 6.45) is 0. The van der Waals surface area contributed by atoms with Gasteiger partial charge in [0.1, 0.15) is 13.2 Å². The first-order valence-corrected chi connectivity index (χ1v) is 8.93. The second kappa shape index (κ2) is 12.3. The average molecular weight is 368 g/mol. The molecular formula is C18H32N4O4. The van der Waals surface area contributed by atoms with Gasteiger partial charge in [-0.2, -0.15) is 0 Å². The molecule has 0 saturated carbocycles. The Labute approximate surface area is 156 Å². The fourth-order valence-electron chi connectivity index (χ4n) is 2.50. The van der Waals surface area contributed by atoms with Crippen LogP contribution in [-0.2, 0) is 19.1 Å². The molecule has 8 heteroatoms. The zero-order valence-electron chi connectivity index (χ0n) is 16.0. The van der Waals surface area contributed by atoms with E-state index in [-0.39, 0.29) is 25.2 Å². The number of ether oxygens (including phenoxy) is 2. The molecular weight excluding hydrogens is 336 g/mol. The Morgan fingerprint density at radius 2 is 1.15 bits per heavy atom. The van der Waals surface area contributed by atoms with Gasteiger partial charge in [0, 0.05) is 77.6 Å². The first-order valence-electron chi connectivity index (χ1n) is 8.93. The third-order valence-electron chi connectivity index (χ3n) is 4.01. The Morgan fingerprint density at radius 1 is 0.769 bits per heavy atom. The Morgan fingerprint density at radius 3 is 1.50 bits per heavy atom. The van der Waals surface area contributed by atoms with Crippen molar-refractivity contribution in [3.05, 3.63) is 24.6 Å². The summed E-state index contributed by atoms with van der Waals surface area (Å²) in [6.45, 7) is 17.6. The molecule has 0 radical (unpaired) electrons. The third-order valence-corrected chi connectivity index (χ3v) is 4.01. The number of carbonyl (C=O) groups excluding carboxylic acids is 2. The fraction of sp³-hybridized carbons (Fsp3) is 0.667. The second-order valence-corrected chi connectivity index (χ2v) is 6.17. The minimum atomic E-state index is -0.318. The predicted octanol–water partition coefficient (Wildman–Crippen LogP) is -0.0632. The zero-order chi connectivity index (χ0) is 19.4. The number of hydrogen-bond donors (Lipinski definition) is 2. The molecule has 0 spiro atoms. The number of carbonyl (C=O) groups is 2. The smallest absolute Gasteiger partial charge is 0.303 e. The van der Waals surface area contributed by atoms with E-state index in [2.05, 4.69) is 33.6 Å². The highest BCUT2D eigenvalue weighted by molar-refractivity contribution is 5.66. The molecule has 1 saturated heterocycles. The summed E-state index contributed by atoms with van der Waals surface area (Å²) in [7, 11) is 0. The van der Waals surface area contributed by atoms with Crippen LogP contribution in [0.15, 0.2) is 24.6 Å². The Kier molecular flexibility index (Phi) is 10.4. The van der Waals surface area contributed by atoms with Gasteiger partial charge in [0.15, 0.2) is 0 Å². The van der Waals surface area contributed by atoms with Gasteiger partial charge in [-0.25, -0.2) is 0 Å². The first kappa shape index (κ1) is 22.0. The van der Waals surface area contributed by atoms with Crippen molar-refractivity contribution in [2.75, 3.05) is 65.6 Å². The maximum Gasteiger partial charge on any atom is 0.303 e. The molecule has 0 atom stereocenters. The Hall–Kier alpha value is -2.06. The van der Waals surface area contributed by atoms with Crippen LogP contribution in [0.1, 0.15) is 13.8 Å². The van der Waals surface area contributed by atoms with Crippen molar-refractivity contribution in [1.82, 2.24) is 20.4 Å². The van der Waals surface area contributed by atoms with Crippen LogP contribution in [0.4, 0.5) is 0 Å². The van der Waals surface area contributed by atoms with Crippen molar-refractivity contribution in [2.24, 2.45) is 0 Å². The minimum absolute atomic E-state index is 0.186. The molecule has 2 N–H and O–H groups in total. The van der Waals surface area contributed by atoms with Crippen LogP contribution in [0.25, 0.3) is 0 Å². The predicted molar refractivity (Wildman–Crippen MR) is 100 cm³/mol. The van der Waals surface area contributed by atoms with Crippen LogP contribution >= 0.6 is 0 Å². The van der Waals surface area contributed by atoms with Gasteiger partial charge >= 0.3 is 11.9 Å². The number of nitrogens with zero attached hydrogens (tertiary/aromatic N) is 2. The number of esters is 2. The molecule has 0 aromatic carbocycles. The van der Waals surface area contributed by atoms with Crippen molar-refractivity contribution in [1.29, 1.82) is 0 Å². The van der Waals surface area contributed by atoms with Gasteiger partial charge in [-0.1, -0.05) is 13.2 Å². The summed E-state index contributed by atoms with van der Waals surface area (Å²) in [4.78, 5) is 26.3. The van der Waals surface area contributed by atoms with Gasteiger partial charge in [-0.15, -0.1) is 0 Å². The summed E-state index contributed by atoms with van der Waals surface area (Å²) in [5, 5.41) is 6.76. The van der Waals surface area contributed by atoms with Crippen molar-refractivity contribution in [2.45, 2.75) is 13.8 Å². The van der Waals surface area contributed by atoms with Crippen LogP contribution in [0, 0.1) is 0 Å². The molecule has 148 valence electrons. The van der Waals surface area contributed by atoms with E-state index in [1.165, 1.54) is 13.8 Å². The second-order valence-electron chi connectivity index (χ2n) is 6.17. The van der Waals surface area contributed by atoms with Crippen molar-refractivity contribution >= 4 is 11.9 Å². The van der Waals surface area contributed by atoms with E-state index in [0.29, 0.717) is 13.1 Å². The largest absolute Gasteiger partial charge is 0.459 e. The average Bonchev–Trinajstić information content (AvgIpc) is 2.58. The summed E-state index contributed by atoms with van der Waals surface area (Å²) in [6, 6.07) is 0. The van der Waals surface area contributed by atoms with E-state index in [0.717, 1.165) is 50.7 Å². The topological polar surface area (TPSA) is 83.1 Å². The number of rotatable bonds is 6. The summed E-state index contributed by atoms with van der Waals surface area (Å²) < 4.78 is 10.1. The van der Waals surface area contributed by atoms with E-state index in [1.807, 2.05) is 0 Å². The summed E-state index contributed by atoms with van der Waals surface area (Å²) in [5.74, 6) is -0.637. The van der Waals surface area contributed by atoms with E-state index in [1.54, 1.807) is 0 Å². The lowest BCUT2D eigenvalue weighted by Crippen LogP contribution is -2.43. The van der Waals surface area contributed by atoms with Gasteiger partial charge in [0.25, 0.3) is 0 Å². The molecule has 1 fully saturated rings. The molecule has 8 nitrogen and oxygen atoms in total. The van der Waals surface area contributed by atoms with E-state index >= 15 is 0 Å². The molecule has 0 aliphatic carbocycles. The SMILES string of the molecule is C=C(COC(C)=O)N1CCNCCNCCN(C(=C)COC(C)=O)CC1. The van der Waals surface area contributed by atoms with Gasteiger partial charge < -0.3 is 29.9 Å². The lowest BCUT2D eigenvalue weighted by atomic mass is 10.3. The van der Waals surface area contributed by atoms with E-state index in [9.17, 15) is 9.59 Å². The van der Waals surface area contributed by atoms with E-state index in [4.69, 9.17) is 9.47 Å². The molecule has 26 heavy (non-hydrogen) atoms. The van der Waals surface area contributed by atoms with Crippen LogP contribution in [0.3, 0.4) is 0 Å². The quantitative estimate of drug-likeness (QED) is 0.631. The highest BCUT2D eigenvalue weighted by Gasteiger charge is 2.14. The van der Waals surface area contributed by atoms with Gasteiger partial charge in [0.05, 0.1) is 0 Å². The highest BCUT2D eigenvalue weighted by atomic mass is 16.5. The van der Waals surface area contributed by atoms with Gasteiger partial charge in [-0.3, -0.25) is 9.59 Å². The van der Waals surface area contributed by atoms with Crippen LogP contribution in [-0.4, -0.2) is 87.3 Å². The van der Waals surface area contributed by atoms with Crippen LogP contribution in [0.5, 0.6) is 0 Å². The van der Waals surface area contributed by atoms with E-state index < -0.39 is 0 Å². The molecule has 1 aliphatic heterocycles.